The van der Waals surface area contributed by atoms with Crippen LogP contribution in [0.4, 0.5) is 0 Å². The number of aliphatic carboxylic acids is 1. The first kappa shape index (κ1) is 9.49. The van der Waals surface area contributed by atoms with Gasteiger partial charge in [0.1, 0.15) is 5.78 Å². The van der Waals surface area contributed by atoms with Gasteiger partial charge >= 0.3 is 5.97 Å². The molecule has 0 aliphatic carbocycles. The normalized spacial score (nSPS) is 9.30. The van der Waals surface area contributed by atoms with E-state index in [9.17, 15) is 9.59 Å². The first-order valence-corrected chi connectivity index (χ1v) is 4.07. The summed E-state index contributed by atoms with van der Waals surface area (Å²) in [4.78, 5) is 20.3. The third kappa shape index (κ3) is 7.49. The molecule has 3 nitrogen and oxygen atoms in total. The lowest BCUT2D eigenvalue weighted by atomic mass is 10.5. The molecule has 0 atom stereocenters. The number of rotatable bonds is 5. The maximum Gasteiger partial charge on any atom is 0.304 e. The van der Waals surface area contributed by atoms with Crippen molar-refractivity contribution in [3.05, 3.63) is 0 Å². The molecule has 0 unspecified atom stereocenters. The Labute approximate surface area is 63.8 Å². The van der Waals surface area contributed by atoms with E-state index in [0.29, 0.717) is 11.5 Å². The summed E-state index contributed by atoms with van der Waals surface area (Å²) in [5, 5.41) is 8.18. The van der Waals surface area contributed by atoms with E-state index in [0.717, 1.165) is 0 Å². The van der Waals surface area contributed by atoms with Gasteiger partial charge in [-0.15, -0.1) is 0 Å². The minimum Gasteiger partial charge on any atom is -0.481 e. The van der Waals surface area contributed by atoms with Crippen LogP contribution in [0.3, 0.4) is 0 Å². The highest BCUT2D eigenvalue weighted by atomic mass is 32.2. The molecule has 0 saturated heterocycles. The Bertz CT molecular complexity index is 117. The number of Topliss-reactive ketones (excluding diaryl/α,β-unsaturated/α-hetero) is 1. The van der Waals surface area contributed by atoms with E-state index in [2.05, 4.69) is 0 Å². The van der Waals surface area contributed by atoms with Crippen LogP contribution in [0.1, 0.15) is 13.3 Å². The van der Waals surface area contributed by atoms with E-state index in [1.807, 2.05) is 0 Å². The zero-order valence-corrected chi connectivity index (χ0v) is 6.61. The largest absolute Gasteiger partial charge is 0.481 e. The van der Waals surface area contributed by atoms with E-state index in [1.165, 1.54) is 18.7 Å². The molecule has 0 fully saturated rings. The molecule has 0 saturated carbocycles. The topological polar surface area (TPSA) is 54.4 Å². The summed E-state index contributed by atoms with van der Waals surface area (Å²) in [6.45, 7) is 1.49. The number of hydrogen-bond donors (Lipinski definition) is 1. The van der Waals surface area contributed by atoms with Crippen LogP contribution >= 0.6 is 11.8 Å². The molecule has 0 rings (SSSR count). The molecule has 0 aromatic carbocycles. The first-order valence-electron chi connectivity index (χ1n) is 2.92. The molecule has 1 N–H and O–H groups in total. The molecule has 0 aliphatic heterocycles. The highest BCUT2D eigenvalue weighted by Crippen LogP contribution is 2.01. The second-order valence-corrected chi connectivity index (χ2v) is 3.00. The first-order chi connectivity index (χ1) is 4.63. The Morgan fingerprint density at radius 1 is 1.50 bits per heavy atom. The van der Waals surface area contributed by atoms with Gasteiger partial charge in [0, 0.05) is 5.75 Å². The lowest BCUT2D eigenvalue weighted by molar-refractivity contribution is -0.136. The van der Waals surface area contributed by atoms with E-state index in [4.69, 9.17) is 5.11 Å². The van der Waals surface area contributed by atoms with Crippen molar-refractivity contribution < 1.29 is 14.7 Å². The minimum absolute atomic E-state index is 0.0930. The van der Waals surface area contributed by atoms with Crippen molar-refractivity contribution >= 4 is 23.5 Å². The van der Waals surface area contributed by atoms with Crippen molar-refractivity contribution in [3.63, 3.8) is 0 Å². The van der Waals surface area contributed by atoms with Gasteiger partial charge in [-0.2, -0.15) is 11.8 Å². The lowest BCUT2D eigenvalue weighted by Crippen LogP contribution is -1.99. The van der Waals surface area contributed by atoms with Crippen molar-refractivity contribution in [1.29, 1.82) is 0 Å². The summed E-state index contributed by atoms with van der Waals surface area (Å²) in [5.41, 5.74) is 0. The molecule has 0 amide bonds. The van der Waals surface area contributed by atoms with Gasteiger partial charge in [-0.25, -0.2) is 0 Å². The van der Waals surface area contributed by atoms with Crippen LogP contribution in [0.15, 0.2) is 0 Å². The number of thioether (sulfide) groups is 1. The number of carbonyl (C=O) groups excluding carboxylic acids is 1. The number of carbonyl (C=O) groups is 2. The zero-order chi connectivity index (χ0) is 7.98. The Balaban J connectivity index is 3.06. The number of ketones is 1. The van der Waals surface area contributed by atoms with Gasteiger partial charge < -0.3 is 5.11 Å². The molecule has 0 bridgehead atoms. The van der Waals surface area contributed by atoms with Crippen molar-refractivity contribution in [1.82, 2.24) is 0 Å². The molecule has 0 spiro atoms. The Hall–Kier alpha value is -0.510. The Morgan fingerprint density at radius 3 is 2.50 bits per heavy atom. The Kier molecular flexibility index (Phi) is 5.02. The van der Waals surface area contributed by atoms with E-state index < -0.39 is 5.97 Å². The third-order valence-electron chi connectivity index (χ3n) is 0.766. The third-order valence-corrected chi connectivity index (χ3v) is 1.87. The summed E-state index contributed by atoms with van der Waals surface area (Å²) < 4.78 is 0. The van der Waals surface area contributed by atoms with E-state index in [-0.39, 0.29) is 12.2 Å². The molecule has 0 aliphatic rings. The summed E-state index contributed by atoms with van der Waals surface area (Å²) >= 11 is 1.36. The highest BCUT2D eigenvalue weighted by molar-refractivity contribution is 7.99. The molecule has 4 heteroatoms. The lowest BCUT2D eigenvalue weighted by Gasteiger charge is -1.93. The van der Waals surface area contributed by atoms with E-state index in [1.54, 1.807) is 0 Å². The zero-order valence-electron chi connectivity index (χ0n) is 5.79. The maximum absolute atomic E-state index is 10.3. The van der Waals surface area contributed by atoms with Gasteiger partial charge in [0.2, 0.25) is 0 Å². The van der Waals surface area contributed by atoms with Crippen LogP contribution in [-0.4, -0.2) is 28.4 Å². The monoisotopic (exact) mass is 162 g/mol. The van der Waals surface area contributed by atoms with Gasteiger partial charge in [0.05, 0.1) is 12.2 Å². The second kappa shape index (κ2) is 5.29. The Morgan fingerprint density at radius 2 is 2.10 bits per heavy atom. The van der Waals surface area contributed by atoms with Crippen LogP contribution in [0.25, 0.3) is 0 Å². The van der Waals surface area contributed by atoms with E-state index >= 15 is 0 Å². The van der Waals surface area contributed by atoms with Gasteiger partial charge in [0.15, 0.2) is 0 Å². The van der Waals surface area contributed by atoms with Crippen LogP contribution < -0.4 is 0 Å². The van der Waals surface area contributed by atoms with Gasteiger partial charge in [-0.3, -0.25) is 9.59 Å². The predicted octanol–water partition coefficient (Wildman–Crippen LogP) is 0.783. The summed E-state index contributed by atoms with van der Waals surface area (Å²) in [6.07, 6.45) is 0.137. The predicted molar refractivity (Wildman–Crippen MR) is 40.3 cm³/mol. The number of hydrogen-bond acceptors (Lipinski definition) is 3. The average molecular weight is 162 g/mol. The summed E-state index contributed by atoms with van der Waals surface area (Å²) in [7, 11) is 0. The van der Waals surface area contributed by atoms with Crippen molar-refractivity contribution in [3.8, 4) is 0 Å². The van der Waals surface area contributed by atoms with Crippen LogP contribution in [0.2, 0.25) is 0 Å². The van der Waals surface area contributed by atoms with Crippen LogP contribution in [0, 0.1) is 0 Å². The van der Waals surface area contributed by atoms with Gasteiger partial charge in [0.25, 0.3) is 0 Å². The fourth-order valence-electron chi connectivity index (χ4n) is 0.375. The van der Waals surface area contributed by atoms with Gasteiger partial charge in [-0.05, 0) is 6.92 Å². The second-order valence-electron chi connectivity index (χ2n) is 1.90. The molecule has 0 aromatic rings. The smallest absolute Gasteiger partial charge is 0.304 e. The number of carboxylic acid groups (broad SMARTS) is 1. The molecular weight excluding hydrogens is 152 g/mol. The van der Waals surface area contributed by atoms with Crippen molar-refractivity contribution in [2.24, 2.45) is 0 Å². The fourth-order valence-corrected chi connectivity index (χ4v) is 1.13. The van der Waals surface area contributed by atoms with Crippen molar-refractivity contribution in [2.45, 2.75) is 13.3 Å². The van der Waals surface area contributed by atoms with Crippen molar-refractivity contribution in [2.75, 3.05) is 11.5 Å². The average Bonchev–Trinajstić information content (AvgIpc) is 1.79. The summed E-state index contributed by atoms with van der Waals surface area (Å²) in [6, 6.07) is 0. The number of carboxylic acids is 1. The van der Waals surface area contributed by atoms with Crippen LogP contribution in [-0.2, 0) is 9.59 Å². The SMILES string of the molecule is CC(=O)CSCCC(=O)O. The molecular formula is C6H10O3S. The summed E-state index contributed by atoms with van der Waals surface area (Å²) in [5.74, 6) is 0.230. The molecule has 0 aromatic heterocycles. The highest BCUT2D eigenvalue weighted by Gasteiger charge is 1.97. The van der Waals surface area contributed by atoms with Crippen LogP contribution in [0.5, 0.6) is 0 Å². The molecule has 0 heterocycles. The molecule has 58 valence electrons. The molecule has 0 radical (unpaired) electrons. The maximum atomic E-state index is 10.3. The standard InChI is InChI=1S/C6H10O3S/c1-5(7)4-10-3-2-6(8)9/h2-4H2,1H3,(H,8,9). The van der Waals surface area contributed by atoms with Gasteiger partial charge in [-0.1, -0.05) is 0 Å². The fraction of sp³-hybridized carbons (Fsp3) is 0.667. The minimum atomic E-state index is -0.809. The molecule has 10 heavy (non-hydrogen) atoms. The quantitative estimate of drug-likeness (QED) is 0.607.